The Morgan fingerprint density at radius 1 is 1.22 bits per heavy atom. The van der Waals surface area contributed by atoms with E-state index in [9.17, 15) is 34.2 Å². The number of fused-ring (bicyclic) bond motifs is 3. The Morgan fingerprint density at radius 2 is 1.84 bits per heavy atom. The SMILES string of the molecule is CN(C)[C@@H]1C(=O)C(C(N)=O)C(=O)[C@@]2(O)C(=O)C3C(=O)c4c(O)c(I)cc(N)c4CC3CC12. The second-order valence-electron chi connectivity index (χ2n) is 8.94. The molecule has 11 heteroatoms. The van der Waals surface area contributed by atoms with Crippen LogP contribution in [0.25, 0.3) is 0 Å². The summed E-state index contributed by atoms with van der Waals surface area (Å²) in [7, 11) is 3.07. The zero-order valence-corrected chi connectivity index (χ0v) is 19.5. The van der Waals surface area contributed by atoms with E-state index >= 15 is 0 Å². The van der Waals surface area contributed by atoms with Crippen molar-refractivity contribution in [2.24, 2.45) is 29.4 Å². The molecule has 170 valence electrons. The number of primary amides is 1. The third-order valence-electron chi connectivity index (χ3n) is 7.05. The molecule has 10 nitrogen and oxygen atoms in total. The van der Waals surface area contributed by atoms with Crippen LogP contribution < -0.4 is 11.5 Å². The van der Waals surface area contributed by atoms with Gasteiger partial charge in [0.25, 0.3) is 0 Å². The Balaban J connectivity index is 1.89. The molecule has 2 fully saturated rings. The third kappa shape index (κ3) is 2.80. The molecule has 0 radical (unpaired) electrons. The fourth-order valence-corrected chi connectivity index (χ4v) is 6.27. The van der Waals surface area contributed by atoms with Crippen LogP contribution in [-0.2, 0) is 25.6 Å². The number of ketones is 4. The average molecular weight is 555 g/mol. The highest BCUT2D eigenvalue weighted by Crippen LogP contribution is 2.51. The highest BCUT2D eigenvalue weighted by molar-refractivity contribution is 14.1. The van der Waals surface area contributed by atoms with Gasteiger partial charge in [-0.25, -0.2) is 0 Å². The highest BCUT2D eigenvalue weighted by atomic mass is 127. The molecule has 0 heterocycles. The van der Waals surface area contributed by atoms with E-state index in [0.717, 1.165) is 0 Å². The largest absolute Gasteiger partial charge is 0.506 e. The Bertz CT molecular complexity index is 1120. The molecule has 0 bridgehead atoms. The van der Waals surface area contributed by atoms with Gasteiger partial charge in [0.05, 0.1) is 21.1 Å². The van der Waals surface area contributed by atoms with Gasteiger partial charge in [-0.05, 0) is 67.1 Å². The second kappa shape index (κ2) is 7.32. The monoisotopic (exact) mass is 555 g/mol. The molecule has 0 aromatic heterocycles. The average Bonchev–Trinajstić information content (AvgIpc) is 2.68. The van der Waals surface area contributed by atoms with Crippen molar-refractivity contribution in [3.05, 3.63) is 20.8 Å². The van der Waals surface area contributed by atoms with Gasteiger partial charge in [0.1, 0.15) is 5.75 Å². The molecular weight excluding hydrogens is 533 g/mol. The standard InChI is InChI=1S/C21H22IN3O7/c1-25(2)14-8-4-6-3-7-10(23)5-9(22)15(26)12(7)16(27)11(6)18(29)21(8,32)19(30)13(17(14)28)20(24)31/h5-6,8,11,13-14,26,32H,3-4,23H2,1-2H3,(H2,24,31)/t6?,8?,11?,13?,14-,21-/m0/s1. The number of hydrogen-bond acceptors (Lipinski definition) is 9. The van der Waals surface area contributed by atoms with Crippen molar-refractivity contribution in [3.8, 4) is 5.75 Å². The van der Waals surface area contributed by atoms with E-state index < -0.39 is 64.4 Å². The summed E-state index contributed by atoms with van der Waals surface area (Å²) in [6.45, 7) is 0. The number of phenolic OH excluding ortho intramolecular Hbond substituents is 1. The Hall–Kier alpha value is -2.38. The number of nitrogens with zero attached hydrogens (tertiary/aromatic N) is 1. The summed E-state index contributed by atoms with van der Waals surface area (Å²) in [6.07, 6.45) is 0.151. The molecule has 0 saturated heterocycles. The number of hydrogen-bond donors (Lipinski definition) is 4. The van der Waals surface area contributed by atoms with Crippen LogP contribution in [0.3, 0.4) is 0 Å². The van der Waals surface area contributed by atoms with Crippen LogP contribution >= 0.6 is 22.6 Å². The Labute approximate surface area is 196 Å². The van der Waals surface area contributed by atoms with Crippen LogP contribution in [0.1, 0.15) is 22.3 Å². The van der Waals surface area contributed by atoms with Crippen molar-refractivity contribution in [2.75, 3.05) is 19.8 Å². The molecule has 32 heavy (non-hydrogen) atoms. The normalized spacial score (nSPS) is 34.2. The summed E-state index contributed by atoms with van der Waals surface area (Å²) in [6, 6.07) is 0.399. The first-order valence-corrected chi connectivity index (χ1v) is 11.1. The molecule has 2 saturated carbocycles. The number of phenols is 1. The predicted molar refractivity (Wildman–Crippen MR) is 118 cm³/mol. The van der Waals surface area contributed by atoms with E-state index in [1.807, 2.05) is 22.6 Å². The molecule has 3 aliphatic carbocycles. The first-order chi connectivity index (χ1) is 14.8. The maximum atomic E-state index is 13.6. The fourth-order valence-electron chi connectivity index (χ4n) is 5.67. The Kier molecular flexibility index (Phi) is 5.21. The molecule has 0 spiro atoms. The zero-order chi connectivity index (χ0) is 23.9. The van der Waals surface area contributed by atoms with Gasteiger partial charge in [-0.3, -0.25) is 28.9 Å². The molecule has 4 rings (SSSR count). The van der Waals surface area contributed by atoms with Crippen LogP contribution in [0.5, 0.6) is 5.75 Å². The van der Waals surface area contributed by atoms with Gasteiger partial charge in [0.15, 0.2) is 34.7 Å². The molecule has 1 aromatic carbocycles. The number of rotatable bonds is 2. The predicted octanol–water partition coefficient (Wildman–Crippen LogP) is -0.946. The first kappa shape index (κ1) is 22.8. The number of halogens is 1. The number of nitrogens with two attached hydrogens (primary N) is 2. The lowest BCUT2D eigenvalue weighted by Crippen LogP contribution is -2.74. The minimum atomic E-state index is -2.72. The molecular formula is C21H22IN3O7. The van der Waals surface area contributed by atoms with Crippen molar-refractivity contribution >= 4 is 57.3 Å². The lowest BCUT2D eigenvalue weighted by molar-refractivity contribution is -0.181. The number of likely N-dealkylation sites (N-methyl/N-ethyl adjacent to an activating group) is 1. The number of amides is 1. The van der Waals surface area contributed by atoms with E-state index in [2.05, 4.69) is 0 Å². The lowest BCUT2D eigenvalue weighted by atomic mass is 9.52. The number of carbonyl (C=O) groups excluding carboxylic acids is 5. The van der Waals surface area contributed by atoms with Crippen LogP contribution in [0.4, 0.5) is 5.69 Å². The summed E-state index contributed by atoms with van der Waals surface area (Å²) in [5.74, 6) is -10.6. The van der Waals surface area contributed by atoms with Gasteiger partial charge in [-0.1, -0.05) is 0 Å². The summed E-state index contributed by atoms with van der Waals surface area (Å²) in [5, 5.41) is 21.9. The number of carbonyl (C=O) groups is 5. The van der Waals surface area contributed by atoms with Crippen molar-refractivity contribution in [1.82, 2.24) is 4.90 Å². The molecule has 6 N–H and O–H groups in total. The van der Waals surface area contributed by atoms with Crippen molar-refractivity contribution in [2.45, 2.75) is 24.5 Å². The van der Waals surface area contributed by atoms with Crippen LogP contribution in [0, 0.1) is 27.2 Å². The number of anilines is 1. The van der Waals surface area contributed by atoms with Crippen LogP contribution in [0.15, 0.2) is 6.07 Å². The summed E-state index contributed by atoms with van der Waals surface area (Å²) in [4.78, 5) is 66.4. The molecule has 1 amide bonds. The minimum Gasteiger partial charge on any atom is -0.506 e. The number of benzene rings is 1. The Morgan fingerprint density at radius 3 is 2.41 bits per heavy atom. The lowest BCUT2D eigenvalue weighted by Gasteiger charge is -2.52. The van der Waals surface area contributed by atoms with Gasteiger partial charge in [0, 0.05) is 11.6 Å². The molecule has 0 aliphatic heterocycles. The van der Waals surface area contributed by atoms with Crippen molar-refractivity contribution < 1.29 is 34.2 Å². The maximum Gasteiger partial charge on any atom is 0.235 e. The van der Waals surface area contributed by atoms with Crippen molar-refractivity contribution in [3.63, 3.8) is 0 Å². The van der Waals surface area contributed by atoms with Gasteiger partial charge < -0.3 is 21.7 Å². The van der Waals surface area contributed by atoms with E-state index in [0.29, 0.717) is 9.13 Å². The second-order valence-corrected chi connectivity index (χ2v) is 10.1. The molecule has 4 unspecified atom stereocenters. The number of aliphatic hydroxyl groups is 1. The molecule has 1 aromatic rings. The first-order valence-electron chi connectivity index (χ1n) is 9.98. The van der Waals surface area contributed by atoms with E-state index in [-0.39, 0.29) is 29.8 Å². The number of aromatic hydroxyl groups is 1. The zero-order valence-electron chi connectivity index (χ0n) is 17.3. The smallest absolute Gasteiger partial charge is 0.235 e. The fraction of sp³-hybridized carbons (Fsp3) is 0.476. The number of nitrogen functional groups attached to an aromatic ring is 1. The summed E-state index contributed by atoms with van der Waals surface area (Å²) in [5.41, 5.74) is 9.23. The van der Waals surface area contributed by atoms with E-state index in [1.165, 1.54) is 25.1 Å². The quantitative estimate of drug-likeness (QED) is 0.155. The van der Waals surface area contributed by atoms with Crippen LogP contribution in [-0.4, -0.2) is 69.9 Å². The molecule has 3 aliphatic rings. The van der Waals surface area contributed by atoms with Gasteiger partial charge in [-0.15, -0.1) is 0 Å². The van der Waals surface area contributed by atoms with Crippen molar-refractivity contribution in [1.29, 1.82) is 0 Å². The van der Waals surface area contributed by atoms with Gasteiger partial charge in [0.2, 0.25) is 5.91 Å². The minimum absolute atomic E-state index is 0.00389. The topological polar surface area (TPSA) is 181 Å². The summed E-state index contributed by atoms with van der Waals surface area (Å²) < 4.78 is 0.325. The summed E-state index contributed by atoms with van der Waals surface area (Å²) >= 11 is 1.81. The van der Waals surface area contributed by atoms with Crippen LogP contribution in [0.2, 0.25) is 0 Å². The van der Waals surface area contributed by atoms with Gasteiger partial charge >= 0.3 is 0 Å². The highest BCUT2D eigenvalue weighted by Gasteiger charge is 2.69. The van der Waals surface area contributed by atoms with E-state index in [1.54, 1.807) is 0 Å². The van der Waals surface area contributed by atoms with Gasteiger partial charge in [-0.2, -0.15) is 0 Å². The third-order valence-corrected chi connectivity index (χ3v) is 7.87. The van der Waals surface area contributed by atoms with E-state index in [4.69, 9.17) is 11.5 Å². The number of Topliss-reactive ketones (excluding diaryl/α,β-unsaturated/α-hetero) is 4. The maximum absolute atomic E-state index is 13.6. The molecule has 6 atom stereocenters.